The molecule has 3 amide bonds. The van der Waals surface area contributed by atoms with Crippen LogP contribution < -0.4 is 16.0 Å². The predicted molar refractivity (Wildman–Crippen MR) is 156 cm³/mol. The summed E-state index contributed by atoms with van der Waals surface area (Å²) < 4.78 is 6.10. The lowest BCUT2D eigenvalue weighted by Gasteiger charge is -2.15. The first-order chi connectivity index (χ1) is 20.8. The Morgan fingerprint density at radius 1 is 1.19 bits per heavy atom. The minimum Gasteiger partial charge on any atom is -0.453 e. The molecule has 2 aromatic carbocycles. The van der Waals surface area contributed by atoms with Crippen molar-refractivity contribution in [1.82, 2.24) is 35.5 Å². The molecule has 2 bridgehead atoms. The molecular weight excluding hydrogens is 578 g/mol. The minimum atomic E-state index is -0.678. The molecule has 1 aliphatic rings. The van der Waals surface area contributed by atoms with Crippen LogP contribution in [0.15, 0.2) is 55.0 Å². The molecule has 5 rings (SSSR count). The molecule has 1 aliphatic heterocycles. The number of benzene rings is 2. The lowest BCUT2D eigenvalue weighted by atomic mass is 10.0. The molecule has 1 unspecified atom stereocenters. The number of tetrazole rings is 1. The van der Waals surface area contributed by atoms with Crippen molar-refractivity contribution in [2.75, 3.05) is 17.7 Å². The fourth-order valence-corrected chi connectivity index (χ4v) is 4.72. The highest BCUT2D eigenvalue weighted by atomic mass is 35.5. The van der Waals surface area contributed by atoms with Crippen LogP contribution in [0.2, 0.25) is 5.02 Å². The maximum absolute atomic E-state index is 13.1. The normalized spacial score (nSPS) is 15.4. The van der Waals surface area contributed by atoms with Gasteiger partial charge in [-0.15, -0.1) is 5.10 Å². The van der Waals surface area contributed by atoms with Crippen LogP contribution in [-0.4, -0.2) is 61.0 Å². The number of anilines is 2. The van der Waals surface area contributed by atoms with E-state index in [2.05, 4.69) is 41.2 Å². The molecule has 15 heteroatoms. The molecule has 1 atom stereocenters. The van der Waals surface area contributed by atoms with E-state index in [0.717, 1.165) is 0 Å². The van der Waals surface area contributed by atoms with Gasteiger partial charge in [0.2, 0.25) is 11.8 Å². The first kappa shape index (κ1) is 29.1. The van der Waals surface area contributed by atoms with Crippen molar-refractivity contribution >= 4 is 52.7 Å². The molecule has 0 fully saturated rings. The molecule has 3 heterocycles. The number of carbonyl (C=O) groups excluding carboxylic acids is 4. The minimum absolute atomic E-state index is 0.137. The predicted octanol–water partition coefficient (Wildman–Crippen LogP) is 3.84. The number of rotatable bonds is 5. The molecule has 4 N–H and O–H groups in total. The Hall–Kier alpha value is -5.37. The van der Waals surface area contributed by atoms with E-state index in [9.17, 15) is 19.2 Å². The molecule has 220 valence electrons. The maximum Gasteiger partial charge on any atom is 0.411 e. The number of halogens is 1. The summed E-state index contributed by atoms with van der Waals surface area (Å²) >= 11 is 6.18. The second-order valence-corrected chi connectivity index (χ2v) is 9.99. The van der Waals surface area contributed by atoms with Crippen molar-refractivity contribution in [3.8, 4) is 16.9 Å². The van der Waals surface area contributed by atoms with Gasteiger partial charge in [-0.05, 0) is 65.7 Å². The zero-order valence-corrected chi connectivity index (χ0v) is 23.6. The molecule has 0 saturated carbocycles. The van der Waals surface area contributed by atoms with Crippen LogP contribution in [0.3, 0.4) is 0 Å². The topological polar surface area (TPSA) is 186 Å². The van der Waals surface area contributed by atoms with Gasteiger partial charge in [-0.25, -0.2) is 9.78 Å². The van der Waals surface area contributed by atoms with Crippen LogP contribution >= 0.6 is 11.6 Å². The molecule has 14 nitrogen and oxygen atoms in total. The van der Waals surface area contributed by atoms with Crippen LogP contribution in [0, 0.1) is 0 Å². The van der Waals surface area contributed by atoms with E-state index < -0.39 is 23.9 Å². The van der Waals surface area contributed by atoms with Gasteiger partial charge in [0.1, 0.15) is 17.9 Å². The number of ketones is 1. The fraction of sp³-hybridized carbons (Fsp3) is 0.214. The van der Waals surface area contributed by atoms with Gasteiger partial charge in [-0.3, -0.25) is 19.7 Å². The molecule has 4 aromatic rings. The number of hydrogen-bond donors (Lipinski definition) is 4. The third-order valence-electron chi connectivity index (χ3n) is 6.55. The van der Waals surface area contributed by atoms with E-state index in [4.69, 9.17) is 16.6 Å². The number of aromatic amines is 1. The number of aromatic nitrogens is 6. The highest BCUT2D eigenvalue weighted by Gasteiger charge is 2.22. The summed E-state index contributed by atoms with van der Waals surface area (Å²) in [6.45, 7) is 0. The number of nitrogens with zero attached hydrogens (tertiary/aromatic N) is 5. The summed E-state index contributed by atoms with van der Waals surface area (Å²) in [5.74, 6) is -0.678. The smallest absolute Gasteiger partial charge is 0.411 e. The Kier molecular flexibility index (Phi) is 8.86. The zero-order chi connectivity index (χ0) is 30.3. The van der Waals surface area contributed by atoms with Gasteiger partial charge in [0, 0.05) is 40.5 Å². The Morgan fingerprint density at radius 2 is 2.05 bits per heavy atom. The van der Waals surface area contributed by atoms with Crippen LogP contribution in [0.5, 0.6) is 0 Å². The molecule has 0 spiro atoms. The highest BCUT2D eigenvalue weighted by molar-refractivity contribution is 6.30. The number of carbonyl (C=O) groups is 4. The second-order valence-electron chi connectivity index (χ2n) is 9.56. The fourth-order valence-electron chi connectivity index (χ4n) is 4.54. The summed E-state index contributed by atoms with van der Waals surface area (Å²) in [4.78, 5) is 57.8. The standard InChI is InChI=1S/C28H26ClN9O5/c1-43-28(42)32-18-7-8-20-22(12-18)34-26(41)13-19(39)3-2-4-21(27-30-14-23(20)35-27)33-25(40)10-5-16-11-17(29)6-9-24(16)38-15-31-36-37-38/h5-12,14-15,21H,2-4,13H2,1H3,(H,30,35)(H,32,42)(H,33,40)(H,34,41). The van der Waals surface area contributed by atoms with E-state index in [1.807, 2.05) is 0 Å². The Balaban J connectivity index is 1.41. The van der Waals surface area contributed by atoms with Gasteiger partial charge < -0.3 is 20.4 Å². The Bertz CT molecular complexity index is 1700. The number of imidazole rings is 1. The van der Waals surface area contributed by atoms with E-state index >= 15 is 0 Å². The van der Waals surface area contributed by atoms with Crippen molar-refractivity contribution in [2.24, 2.45) is 0 Å². The Morgan fingerprint density at radius 3 is 2.84 bits per heavy atom. The van der Waals surface area contributed by atoms with Crippen LogP contribution in [0.1, 0.15) is 43.1 Å². The number of nitrogens with one attached hydrogen (secondary N) is 4. The van der Waals surface area contributed by atoms with Gasteiger partial charge in [-0.2, -0.15) is 4.68 Å². The van der Waals surface area contributed by atoms with E-state index in [1.54, 1.807) is 48.7 Å². The van der Waals surface area contributed by atoms with Crippen LogP contribution in [-0.2, 0) is 19.1 Å². The van der Waals surface area contributed by atoms with E-state index in [-0.39, 0.29) is 18.6 Å². The SMILES string of the molecule is COC(=O)Nc1ccc2c(c1)NC(=O)CC(=O)CCCC(NC(=O)C=Cc1cc(Cl)ccc1-n1cnnn1)c1nc-2c[nH]1. The van der Waals surface area contributed by atoms with Crippen molar-refractivity contribution < 1.29 is 23.9 Å². The van der Waals surface area contributed by atoms with Gasteiger partial charge in [0.05, 0.1) is 36.6 Å². The number of H-pyrrole nitrogens is 1. The van der Waals surface area contributed by atoms with E-state index in [1.165, 1.54) is 24.2 Å². The van der Waals surface area contributed by atoms with Gasteiger partial charge >= 0.3 is 6.09 Å². The molecule has 43 heavy (non-hydrogen) atoms. The first-order valence-corrected chi connectivity index (χ1v) is 13.5. The van der Waals surface area contributed by atoms with Crippen molar-refractivity contribution in [2.45, 2.75) is 31.7 Å². The lowest BCUT2D eigenvalue weighted by molar-refractivity contribution is -0.125. The lowest BCUT2D eigenvalue weighted by Crippen LogP contribution is -2.28. The summed E-state index contributed by atoms with van der Waals surface area (Å²) in [5, 5.41) is 19.9. The first-order valence-electron chi connectivity index (χ1n) is 13.2. The van der Waals surface area contributed by atoms with Gasteiger partial charge in [0.15, 0.2) is 0 Å². The number of hydrogen-bond acceptors (Lipinski definition) is 9. The maximum atomic E-state index is 13.1. The number of methoxy groups -OCH3 is 1. The van der Waals surface area contributed by atoms with Crippen LogP contribution in [0.4, 0.5) is 16.2 Å². The quantitative estimate of drug-likeness (QED) is 0.194. The molecule has 0 radical (unpaired) electrons. The van der Waals surface area contributed by atoms with Crippen LogP contribution in [0.25, 0.3) is 23.0 Å². The second kappa shape index (κ2) is 13.1. The number of Topliss-reactive ketones (excluding diaryl/α,β-unsaturated/α-hetero) is 1. The monoisotopic (exact) mass is 603 g/mol. The number of amides is 3. The molecular formula is C28H26ClN9O5. The largest absolute Gasteiger partial charge is 0.453 e. The van der Waals surface area contributed by atoms with E-state index in [0.29, 0.717) is 57.6 Å². The van der Waals surface area contributed by atoms with Crippen molar-refractivity contribution in [3.05, 3.63) is 71.4 Å². The summed E-state index contributed by atoms with van der Waals surface area (Å²) in [6, 6.07) is 9.39. The van der Waals surface area contributed by atoms with Crippen molar-refractivity contribution in [1.29, 1.82) is 0 Å². The molecule has 0 aliphatic carbocycles. The summed E-state index contributed by atoms with van der Waals surface area (Å²) in [5.41, 5.74) is 2.98. The van der Waals surface area contributed by atoms with Gasteiger partial charge in [-0.1, -0.05) is 11.6 Å². The Labute approximate surface area is 249 Å². The van der Waals surface area contributed by atoms with Crippen molar-refractivity contribution in [3.63, 3.8) is 0 Å². The third-order valence-corrected chi connectivity index (χ3v) is 6.79. The number of fused-ring (bicyclic) bond motifs is 4. The number of ether oxygens (including phenoxy) is 1. The molecule has 2 aromatic heterocycles. The van der Waals surface area contributed by atoms with Gasteiger partial charge in [0.25, 0.3) is 0 Å². The zero-order valence-electron chi connectivity index (χ0n) is 22.8. The highest BCUT2D eigenvalue weighted by Crippen LogP contribution is 2.32. The average Bonchev–Trinajstić information content (AvgIpc) is 3.68. The summed E-state index contributed by atoms with van der Waals surface area (Å²) in [7, 11) is 1.24. The average molecular weight is 604 g/mol. The third kappa shape index (κ3) is 7.29. The summed E-state index contributed by atoms with van der Waals surface area (Å²) in [6.07, 6.45) is 6.00. The molecule has 0 saturated heterocycles.